The lowest BCUT2D eigenvalue weighted by Crippen LogP contribution is -2.02. The van der Waals surface area contributed by atoms with Gasteiger partial charge in [0.2, 0.25) is 0 Å². The van der Waals surface area contributed by atoms with Gasteiger partial charge in [-0.25, -0.2) is 4.79 Å². The number of aromatic amines is 1. The van der Waals surface area contributed by atoms with Crippen molar-refractivity contribution in [3.8, 4) is 0 Å². The van der Waals surface area contributed by atoms with Crippen LogP contribution >= 0.6 is 15.9 Å². The van der Waals surface area contributed by atoms with Gasteiger partial charge in [0, 0.05) is 5.69 Å². The largest absolute Gasteiger partial charge is 0.464 e. The number of rotatable bonds is 1. The molecule has 0 saturated heterocycles. The molecule has 4 nitrogen and oxygen atoms in total. The van der Waals surface area contributed by atoms with Crippen molar-refractivity contribution in [1.29, 1.82) is 0 Å². The maximum absolute atomic E-state index is 10.9. The van der Waals surface area contributed by atoms with Gasteiger partial charge in [-0.2, -0.15) is 5.10 Å². The van der Waals surface area contributed by atoms with E-state index >= 15 is 0 Å². The zero-order chi connectivity index (χ0) is 10.4. The predicted molar refractivity (Wildman–Crippen MR) is 53.7 cm³/mol. The van der Waals surface area contributed by atoms with E-state index in [4.69, 9.17) is 0 Å². The summed E-state index contributed by atoms with van der Waals surface area (Å²) in [5, 5.41) is 6.39. The van der Waals surface area contributed by atoms with Crippen LogP contribution < -0.4 is 0 Å². The Labute approximate surface area is 85.8 Å². The highest BCUT2D eigenvalue weighted by atomic mass is 79.9. The van der Waals surface area contributed by atoms with E-state index < -0.39 is 5.97 Å². The van der Waals surface area contributed by atoms with E-state index in [9.17, 15) is 4.79 Å². The third kappa shape index (κ3) is 2.84. The lowest BCUT2D eigenvalue weighted by Gasteiger charge is -1.92. The number of hydrogen-bond donors (Lipinski definition) is 1. The molecule has 0 amide bonds. The van der Waals surface area contributed by atoms with Crippen molar-refractivity contribution in [2.45, 2.75) is 20.8 Å². The molecular formula is C8H13BrN2O2. The average molecular weight is 249 g/mol. The van der Waals surface area contributed by atoms with E-state index in [0.717, 1.165) is 5.69 Å². The zero-order valence-corrected chi connectivity index (χ0v) is 9.73. The molecule has 0 fully saturated rings. The van der Waals surface area contributed by atoms with Crippen LogP contribution in [0.25, 0.3) is 0 Å². The van der Waals surface area contributed by atoms with Gasteiger partial charge in [0.05, 0.1) is 11.6 Å². The molecule has 1 rings (SSSR count). The van der Waals surface area contributed by atoms with Gasteiger partial charge in [-0.15, -0.1) is 0 Å². The molecule has 0 saturated carbocycles. The maximum atomic E-state index is 10.9. The van der Waals surface area contributed by atoms with Gasteiger partial charge in [0.15, 0.2) is 5.69 Å². The van der Waals surface area contributed by atoms with Crippen molar-refractivity contribution in [3.05, 3.63) is 15.9 Å². The van der Waals surface area contributed by atoms with E-state index in [1.807, 2.05) is 20.8 Å². The molecule has 13 heavy (non-hydrogen) atoms. The Morgan fingerprint density at radius 2 is 2.08 bits per heavy atom. The van der Waals surface area contributed by atoms with Gasteiger partial charge in [0.25, 0.3) is 0 Å². The Morgan fingerprint density at radius 3 is 2.38 bits per heavy atom. The fourth-order valence-electron chi connectivity index (χ4n) is 0.647. The number of aryl methyl sites for hydroxylation is 1. The summed E-state index contributed by atoms with van der Waals surface area (Å²) in [7, 11) is 1.32. The molecule has 0 aliphatic carbocycles. The minimum Gasteiger partial charge on any atom is -0.464 e. The molecule has 0 bridgehead atoms. The molecule has 0 atom stereocenters. The SMILES string of the molecule is CC.COC(=O)c1n[nH]c(C)c1Br. The molecule has 1 heterocycles. The first-order chi connectivity index (χ1) is 6.16. The van der Waals surface area contributed by atoms with Gasteiger partial charge < -0.3 is 4.74 Å². The summed E-state index contributed by atoms with van der Waals surface area (Å²) in [5.74, 6) is -0.443. The summed E-state index contributed by atoms with van der Waals surface area (Å²) < 4.78 is 5.14. The van der Waals surface area contributed by atoms with E-state index in [2.05, 4.69) is 30.9 Å². The Kier molecular flexibility index (Phi) is 5.37. The highest BCUT2D eigenvalue weighted by molar-refractivity contribution is 9.10. The fourth-order valence-corrected chi connectivity index (χ4v) is 0.987. The number of halogens is 1. The summed E-state index contributed by atoms with van der Waals surface area (Å²) in [6.07, 6.45) is 0. The van der Waals surface area contributed by atoms with E-state index in [1.165, 1.54) is 7.11 Å². The average Bonchev–Trinajstić information content (AvgIpc) is 2.50. The van der Waals surface area contributed by atoms with Crippen LogP contribution in [0.3, 0.4) is 0 Å². The molecule has 0 aromatic carbocycles. The number of carbonyl (C=O) groups is 1. The lowest BCUT2D eigenvalue weighted by molar-refractivity contribution is 0.0593. The first-order valence-corrected chi connectivity index (χ1v) is 4.75. The van der Waals surface area contributed by atoms with Crippen LogP contribution in [0.15, 0.2) is 4.47 Å². The molecule has 0 spiro atoms. The van der Waals surface area contributed by atoms with Gasteiger partial charge in [-0.05, 0) is 22.9 Å². The fraction of sp³-hybridized carbons (Fsp3) is 0.500. The molecule has 0 radical (unpaired) electrons. The summed E-state index contributed by atoms with van der Waals surface area (Å²) in [5.41, 5.74) is 1.09. The normalized spacial score (nSPS) is 8.69. The van der Waals surface area contributed by atoms with Crippen LogP contribution in [-0.2, 0) is 4.74 Å². The molecule has 0 unspecified atom stereocenters. The first-order valence-electron chi connectivity index (χ1n) is 3.95. The molecule has 0 aliphatic rings. The topological polar surface area (TPSA) is 55.0 Å². The van der Waals surface area contributed by atoms with Gasteiger partial charge in [-0.3, -0.25) is 5.10 Å². The molecule has 1 N–H and O–H groups in total. The molecule has 0 aliphatic heterocycles. The van der Waals surface area contributed by atoms with E-state index in [-0.39, 0.29) is 5.69 Å². The van der Waals surface area contributed by atoms with Crippen molar-refractivity contribution in [2.75, 3.05) is 7.11 Å². The number of hydrogen-bond acceptors (Lipinski definition) is 3. The second-order valence-electron chi connectivity index (χ2n) is 2.00. The number of methoxy groups -OCH3 is 1. The first kappa shape index (κ1) is 12.2. The summed E-state index contributed by atoms with van der Waals surface area (Å²) in [6.45, 7) is 5.81. The third-order valence-electron chi connectivity index (χ3n) is 1.25. The van der Waals surface area contributed by atoms with Gasteiger partial charge in [0.1, 0.15) is 0 Å². The predicted octanol–water partition coefficient (Wildman–Crippen LogP) is 2.29. The van der Waals surface area contributed by atoms with Crippen molar-refractivity contribution in [3.63, 3.8) is 0 Å². The zero-order valence-electron chi connectivity index (χ0n) is 8.14. The second kappa shape index (κ2) is 5.75. The van der Waals surface area contributed by atoms with Crippen molar-refractivity contribution < 1.29 is 9.53 Å². The lowest BCUT2D eigenvalue weighted by atomic mass is 10.4. The Morgan fingerprint density at radius 1 is 1.54 bits per heavy atom. The Bertz CT molecular complexity index is 284. The number of ether oxygens (including phenoxy) is 1. The maximum Gasteiger partial charge on any atom is 0.359 e. The van der Waals surface area contributed by atoms with Gasteiger partial charge in [-0.1, -0.05) is 13.8 Å². The van der Waals surface area contributed by atoms with E-state index in [1.54, 1.807) is 0 Å². The monoisotopic (exact) mass is 248 g/mol. The highest BCUT2D eigenvalue weighted by Gasteiger charge is 2.15. The van der Waals surface area contributed by atoms with Crippen molar-refractivity contribution >= 4 is 21.9 Å². The standard InChI is InChI=1S/C6H7BrN2O2.C2H6/c1-3-4(7)5(9-8-3)6(10)11-2;1-2/h1-2H3,(H,8,9);1-2H3. The molecule has 74 valence electrons. The number of esters is 1. The molecule has 1 aromatic heterocycles. The van der Waals surface area contributed by atoms with Crippen LogP contribution in [-0.4, -0.2) is 23.3 Å². The number of aromatic nitrogens is 2. The van der Waals surface area contributed by atoms with Crippen LogP contribution in [0.5, 0.6) is 0 Å². The van der Waals surface area contributed by atoms with Crippen LogP contribution in [0.1, 0.15) is 30.0 Å². The van der Waals surface area contributed by atoms with Crippen LogP contribution in [0.4, 0.5) is 0 Å². The van der Waals surface area contributed by atoms with Crippen molar-refractivity contribution in [1.82, 2.24) is 10.2 Å². The summed E-state index contributed by atoms with van der Waals surface area (Å²) >= 11 is 3.20. The highest BCUT2D eigenvalue weighted by Crippen LogP contribution is 2.18. The quantitative estimate of drug-likeness (QED) is 0.777. The molecule has 1 aromatic rings. The number of nitrogens with one attached hydrogen (secondary N) is 1. The van der Waals surface area contributed by atoms with Crippen molar-refractivity contribution in [2.24, 2.45) is 0 Å². The third-order valence-corrected chi connectivity index (χ3v) is 2.22. The minimum atomic E-state index is -0.443. The number of carbonyl (C=O) groups excluding carboxylic acids is 1. The summed E-state index contributed by atoms with van der Waals surface area (Å²) in [6, 6.07) is 0. The summed E-state index contributed by atoms with van der Waals surface area (Å²) in [4.78, 5) is 10.9. The molecule has 5 heteroatoms. The minimum absolute atomic E-state index is 0.282. The Balaban J connectivity index is 0.000000671. The van der Waals surface area contributed by atoms with E-state index in [0.29, 0.717) is 4.47 Å². The van der Waals surface area contributed by atoms with Gasteiger partial charge >= 0.3 is 5.97 Å². The van der Waals surface area contributed by atoms with Crippen LogP contribution in [0, 0.1) is 6.92 Å². The number of H-pyrrole nitrogens is 1. The smallest absolute Gasteiger partial charge is 0.359 e. The molecular weight excluding hydrogens is 236 g/mol. The van der Waals surface area contributed by atoms with Crippen LogP contribution in [0.2, 0.25) is 0 Å². The second-order valence-corrected chi connectivity index (χ2v) is 2.80. The Hall–Kier alpha value is -0.840. The number of nitrogens with zero attached hydrogens (tertiary/aromatic N) is 1.